The van der Waals surface area contributed by atoms with Gasteiger partial charge in [-0.2, -0.15) is 5.10 Å². The van der Waals surface area contributed by atoms with Gasteiger partial charge in [0, 0.05) is 18.8 Å². The molecule has 4 aromatic rings. The molecule has 0 N–H and O–H groups in total. The monoisotopic (exact) mass is 316 g/mol. The Kier molecular flexibility index (Phi) is 3.46. The lowest BCUT2D eigenvalue weighted by molar-refractivity contribution is 0.768. The van der Waals surface area contributed by atoms with Crippen molar-refractivity contribution < 1.29 is 0 Å². The highest BCUT2D eigenvalue weighted by Gasteiger charge is 2.05. The highest BCUT2D eigenvalue weighted by atomic mass is 16.1. The van der Waals surface area contributed by atoms with Gasteiger partial charge in [0.2, 0.25) is 0 Å². The summed E-state index contributed by atoms with van der Waals surface area (Å²) in [5.41, 5.74) is 4.84. The number of aromatic nitrogens is 4. The number of hydrogen-bond acceptors (Lipinski definition) is 3. The fourth-order valence-corrected chi connectivity index (χ4v) is 2.83. The zero-order valence-electron chi connectivity index (χ0n) is 13.3. The summed E-state index contributed by atoms with van der Waals surface area (Å²) in [6, 6.07) is 15.9. The number of nitrogens with zero attached hydrogens (tertiary/aromatic N) is 4. The predicted octanol–water partition coefficient (Wildman–Crippen LogP) is 2.85. The fourth-order valence-electron chi connectivity index (χ4n) is 2.83. The molecule has 0 unspecified atom stereocenters. The molecule has 2 aromatic heterocycles. The molecular formula is C19H16N4O. The third-order valence-electron chi connectivity index (χ3n) is 4.09. The highest BCUT2D eigenvalue weighted by Crippen LogP contribution is 2.19. The second kappa shape index (κ2) is 5.77. The minimum Gasteiger partial charge on any atom is -0.301 e. The number of benzene rings is 2. The second-order valence-corrected chi connectivity index (χ2v) is 5.77. The van der Waals surface area contributed by atoms with E-state index in [9.17, 15) is 4.79 Å². The first-order valence-corrected chi connectivity index (χ1v) is 7.73. The third-order valence-corrected chi connectivity index (χ3v) is 4.09. The molecule has 0 saturated carbocycles. The van der Waals surface area contributed by atoms with Crippen molar-refractivity contribution in [3.8, 4) is 11.1 Å². The van der Waals surface area contributed by atoms with Crippen LogP contribution in [-0.4, -0.2) is 19.3 Å². The average molecular weight is 316 g/mol. The second-order valence-electron chi connectivity index (χ2n) is 5.77. The van der Waals surface area contributed by atoms with Gasteiger partial charge in [0.15, 0.2) is 0 Å². The summed E-state index contributed by atoms with van der Waals surface area (Å²) in [7, 11) is 1.90. The van der Waals surface area contributed by atoms with Crippen molar-refractivity contribution in [3.63, 3.8) is 0 Å². The van der Waals surface area contributed by atoms with Crippen LogP contribution in [0.3, 0.4) is 0 Å². The first-order valence-electron chi connectivity index (χ1n) is 7.73. The average Bonchev–Trinajstić information content (AvgIpc) is 3.04. The van der Waals surface area contributed by atoms with Crippen LogP contribution >= 0.6 is 0 Å². The maximum absolute atomic E-state index is 12.2. The Bertz CT molecular complexity index is 1060. The van der Waals surface area contributed by atoms with Gasteiger partial charge in [-0.25, -0.2) is 4.98 Å². The quantitative estimate of drug-likeness (QED) is 0.584. The van der Waals surface area contributed by atoms with E-state index in [0.717, 1.165) is 27.7 Å². The molecule has 0 bridgehead atoms. The molecule has 0 radical (unpaired) electrons. The minimum absolute atomic E-state index is 0.0926. The van der Waals surface area contributed by atoms with Gasteiger partial charge >= 0.3 is 0 Å². The largest absolute Gasteiger partial charge is 0.301 e. The summed E-state index contributed by atoms with van der Waals surface area (Å²) in [5, 5.41) is 4.19. The van der Waals surface area contributed by atoms with E-state index in [0.29, 0.717) is 6.54 Å². The van der Waals surface area contributed by atoms with E-state index < -0.39 is 0 Å². The molecule has 0 aliphatic rings. The summed E-state index contributed by atoms with van der Waals surface area (Å²) in [6.45, 7) is 0.523. The van der Waals surface area contributed by atoms with E-state index in [2.05, 4.69) is 22.2 Å². The van der Waals surface area contributed by atoms with Gasteiger partial charge in [-0.1, -0.05) is 36.4 Å². The zero-order valence-corrected chi connectivity index (χ0v) is 13.3. The molecule has 0 saturated heterocycles. The van der Waals surface area contributed by atoms with Crippen LogP contribution in [0.2, 0.25) is 0 Å². The molecule has 118 valence electrons. The van der Waals surface area contributed by atoms with Crippen molar-refractivity contribution in [2.75, 3.05) is 0 Å². The molecule has 4 rings (SSSR count). The normalized spacial score (nSPS) is 11.0. The van der Waals surface area contributed by atoms with Crippen molar-refractivity contribution in [1.29, 1.82) is 0 Å². The van der Waals surface area contributed by atoms with Gasteiger partial charge in [0.05, 0.1) is 30.0 Å². The third kappa shape index (κ3) is 2.60. The fraction of sp³-hybridized carbons (Fsp3) is 0.105. The Hall–Kier alpha value is -3.21. The summed E-state index contributed by atoms with van der Waals surface area (Å²) >= 11 is 0. The summed E-state index contributed by atoms with van der Waals surface area (Å²) < 4.78 is 3.54. The van der Waals surface area contributed by atoms with Crippen LogP contribution in [-0.2, 0) is 13.6 Å². The van der Waals surface area contributed by atoms with E-state index in [-0.39, 0.29) is 5.56 Å². The first kappa shape index (κ1) is 14.4. The van der Waals surface area contributed by atoms with E-state index >= 15 is 0 Å². The molecule has 0 fully saturated rings. The predicted molar refractivity (Wildman–Crippen MR) is 93.7 cm³/mol. The maximum Gasteiger partial charge on any atom is 0.269 e. The van der Waals surface area contributed by atoms with Crippen LogP contribution in [0.5, 0.6) is 0 Å². The van der Waals surface area contributed by atoms with Crippen LogP contribution in [0.4, 0.5) is 0 Å². The molecular weight excluding hydrogens is 300 g/mol. The summed E-state index contributed by atoms with van der Waals surface area (Å²) in [4.78, 5) is 16.4. The van der Waals surface area contributed by atoms with Crippen molar-refractivity contribution in [2.45, 2.75) is 6.54 Å². The molecule has 5 nitrogen and oxygen atoms in total. The molecule has 0 aliphatic heterocycles. The van der Waals surface area contributed by atoms with Crippen LogP contribution in [0, 0.1) is 0 Å². The number of hydrogen-bond donors (Lipinski definition) is 0. The van der Waals surface area contributed by atoms with E-state index in [4.69, 9.17) is 0 Å². The number of rotatable bonds is 3. The molecule has 0 aliphatic carbocycles. The Morgan fingerprint density at radius 2 is 1.75 bits per heavy atom. The topological polar surface area (TPSA) is 52.7 Å². The molecule has 2 aromatic carbocycles. The zero-order chi connectivity index (χ0) is 16.5. The molecule has 24 heavy (non-hydrogen) atoms. The van der Waals surface area contributed by atoms with Crippen molar-refractivity contribution in [1.82, 2.24) is 19.3 Å². The van der Waals surface area contributed by atoms with Crippen LogP contribution in [0.25, 0.3) is 22.2 Å². The van der Waals surface area contributed by atoms with Crippen LogP contribution in [0.1, 0.15) is 5.56 Å². The van der Waals surface area contributed by atoms with Gasteiger partial charge < -0.3 is 4.57 Å². The van der Waals surface area contributed by atoms with Crippen LogP contribution in [0.15, 0.2) is 71.9 Å². The maximum atomic E-state index is 12.2. The highest BCUT2D eigenvalue weighted by molar-refractivity contribution is 5.74. The molecule has 5 heteroatoms. The van der Waals surface area contributed by atoms with Crippen molar-refractivity contribution in [2.24, 2.45) is 7.05 Å². The Morgan fingerprint density at radius 3 is 2.50 bits per heavy atom. The van der Waals surface area contributed by atoms with Gasteiger partial charge in [-0.15, -0.1) is 0 Å². The SMILES string of the molecule is Cn1cc(-c2ccc(Cn3c(=O)cnc4ccccc43)cc2)cn1. The first-order chi connectivity index (χ1) is 11.7. The Balaban J connectivity index is 1.69. The summed E-state index contributed by atoms with van der Waals surface area (Å²) in [6.07, 6.45) is 5.21. The number of para-hydroxylation sites is 2. The van der Waals surface area contributed by atoms with Crippen LogP contribution < -0.4 is 5.56 Å². The number of aryl methyl sites for hydroxylation is 1. The molecule has 0 spiro atoms. The minimum atomic E-state index is -0.0926. The lowest BCUT2D eigenvalue weighted by atomic mass is 10.1. The molecule has 0 atom stereocenters. The number of fused-ring (bicyclic) bond motifs is 1. The van der Waals surface area contributed by atoms with E-state index in [1.54, 1.807) is 9.25 Å². The van der Waals surface area contributed by atoms with Gasteiger partial charge in [0.25, 0.3) is 5.56 Å². The van der Waals surface area contributed by atoms with Gasteiger partial charge in [-0.3, -0.25) is 9.48 Å². The standard InChI is InChI=1S/C19H16N4O/c1-22-13-16(10-21-22)15-8-6-14(7-9-15)12-23-18-5-3-2-4-17(18)20-11-19(23)24/h2-11,13H,12H2,1H3. The Labute approximate surface area is 138 Å². The lowest BCUT2D eigenvalue weighted by Crippen LogP contribution is -2.20. The summed E-state index contributed by atoms with van der Waals surface area (Å²) in [5.74, 6) is 0. The van der Waals surface area contributed by atoms with E-state index in [1.165, 1.54) is 6.20 Å². The van der Waals surface area contributed by atoms with Gasteiger partial charge in [-0.05, 0) is 23.3 Å². The van der Waals surface area contributed by atoms with Gasteiger partial charge in [0.1, 0.15) is 0 Å². The molecule has 0 amide bonds. The lowest BCUT2D eigenvalue weighted by Gasteiger charge is -2.10. The van der Waals surface area contributed by atoms with Crippen molar-refractivity contribution in [3.05, 3.63) is 83.0 Å². The molecule has 2 heterocycles. The Morgan fingerprint density at radius 1 is 0.958 bits per heavy atom. The van der Waals surface area contributed by atoms with Crippen molar-refractivity contribution >= 4 is 11.0 Å². The smallest absolute Gasteiger partial charge is 0.269 e. The van der Waals surface area contributed by atoms with E-state index in [1.807, 2.05) is 55.8 Å².